The van der Waals surface area contributed by atoms with Gasteiger partial charge in [-0.1, -0.05) is 0 Å². The fourth-order valence-corrected chi connectivity index (χ4v) is 1.28. The van der Waals surface area contributed by atoms with Crippen LogP contribution in [0.15, 0.2) is 6.20 Å². The number of carbonyl (C=O) groups is 1. The molecular formula is C9H12F2N2O2. The van der Waals surface area contributed by atoms with E-state index in [4.69, 9.17) is 5.11 Å². The number of halogens is 2. The van der Waals surface area contributed by atoms with Crippen LogP contribution in [0.2, 0.25) is 0 Å². The highest BCUT2D eigenvalue weighted by molar-refractivity contribution is 5.67. The number of hydrogen-bond acceptors (Lipinski definition) is 2. The molecule has 6 heteroatoms. The van der Waals surface area contributed by atoms with Crippen molar-refractivity contribution in [1.29, 1.82) is 0 Å². The fraction of sp³-hybridized carbons (Fsp3) is 0.556. The Morgan fingerprint density at radius 1 is 1.67 bits per heavy atom. The van der Waals surface area contributed by atoms with Crippen molar-refractivity contribution < 1.29 is 18.7 Å². The first-order valence-corrected chi connectivity index (χ1v) is 4.47. The monoisotopic (exact) mass is 218 g/mol. The van der Waals surface area contributed by atoms with Gasteiger partial charge in [-0.3, -0.25) is 9.48 Å². The van der Waals surface area contributed by atoms with Gasteiger partial charge in [-0.2, -0.15) is 5.10 Å². The predicted molar refractivity (Wildman–Crippen MR) is 48.9 cm³/mol. The highest BCUT2D eigenvalue weighted by Gasteiger charge is 2.18. The molecular weight excluding hydrogens is 206 g/mol. The third-order valence-corrected chi connectivity index (χ3v) is 2.08. The SMILES string of the molecule is Cc1cn([C@@H](C)CC(=O)O)nc1C(F)F. The van der Waals surface area contributed by atoms with E-state index in [1.165, 1.54) is 17.8 Å². The summed E-state index contributed by atoms with van der Waals surface area (Å²) in [6.07, 6.45) is -1.32. The van der Waals surface area contributed by atoms with Gasteiger partial charge >= 0.3 is 5.97 Å². The minimum absolute atomic E-state index is 0.135. The molecule has 0 spiro atoms. The summed E-state index contributed by atoms with van der Waals surface area (Å²) in [5.41, 5.74) is 0.0921. The summed E-state index contributed by atoms with van der Waals surface area (Å²) in [5.74, 6) is -0.978. The van der Waals surface area contributed by atoms with Crippen LogP contribution in [0.25, 0.3) is 0 Å². The molecule has 1 rings (SSSR count). The number of aromatic nitrogens is 2. The van der Waals surface area contributed by atoms with Crippen LogP contribution in [0.3, 0.4) is 0 Å². The van der Waals surface area contributed by atoms with Crippen molar-refractivity contribution in [3.63, 3.8) is 0 Å². The van der Waals surface area contributed by atoms with Gasteiger partial charge in [0.25, 0.3) is 6.43 Å². The molecule has 1 aromatic rings. The molecule has 1 aromatic heterocycles. The van der Waals surface area contributed by atoms with Crippen molar-refractivity contribution in [3.05, 3.63) is 17.5 Å². The molecule has 0 aliphatic rings. The van der Waals surface area contributed by atoms with Gasteiger partial charge < -0.3 is 5.11 Å². The van der Waals surface area contributed by atoms with Crippen LogP contribution < -0.4 is 0 Å². The lowest BCUT2D eigenvalue weighted by atomic mass is 10.2. The number of hydrogen-bond donors (Lipinski definition) is 1. The van der Waals surface area contributed by atoms with Gasteiger partial charge in [-0.25, -0.2) is 8.78 Å². The lowest BCUT2D eigenvalue weighted by molar-refractivity contribution is -0.137. The number of aliphatic carboxylic acids is 1. The number of carboxylic acid groups (broad SMARTS) is 1. The topological polar surface area (TPSA) is 55.1 Å². The Hall–Kier alpha value is -1.46. The van der Waals surface area contributed by atoms with Crippen LogP contribution in [0.1, 0.15) is 37.1 Å². The lowest BCUT2D eigenvalue weighted by Crippen LogP contribution is -2.11. The van der Waals surface area contributed by atoms with Crippen LogP contribution in [-0.4, -0.2) is 20.9 Å². The van der Waals surface area contributed by atoms with Crippen molar-refractivity contribution in [2.24, 2.45) is 0 Å². The largest absolute Gasteiger partial charge is 0.481 e. The molecule has 84 valence electrons. The van der Waals surface area contributed by atoms with Gasteiger partial charge in [0.05, 0.1) is 12.5 Å². The van der Waals surface area contributed by atoms with E-state index in [2.05, 4.69) is 5.10 Å². The van der Waals surface area contributed by atoms with E-state index in [-0.39, 0.29) is 12.1 Å². The first-order chi connectivity index (χ1) is 6.91. The summed E-state index contributed by atoms with van der Waals surface area (Å²) < 4.78 is 26.0. The Balaban J connectivity index is 2.87. The van der Waals surface area contributed by atoms with Gasteiger partial charge in [0, 0.05) is 6.20 Å². The summed E-state index contributed by atoms with van der Waals surface area (Å²) in [7, 11) is 0. The zero-order valence-electron chi connectivity index (χ0n) is 8.44. The lowest BCUT2D eigenvalue weighted by Gasteiger charge is -2.08. The molecule has 0 unspecified atom stereocenters. The van der Waals surface area contributed by atoms with Gasteiger partial charge in [0.15, 0.2) is 0 Å². The molecule has 0 amide bonds. The molecule has 0 fully saturated rings. The third-order valence-electron chi connectivity index (χ3n) is 2.08. The normalized spacial score (nSPS) is 13.1. The maximum atomic E-state index is 12.4. The smallest absolute Gasteiger partial charge is 0.305 e. The Bertz CT molecular complexity index is 363. The average Bonchev–Trinajstić information content (AvgIpc) is 2.46. The summed E-state index contributed by atoms with van der Waals surface area (Å²) in [6.45, 7) is 3.15. The predicted octanol–water partition coefficient (Wildman–Crippen LogP) is 2.16. The number of aryl methyl sites for hydroxylation is 1. The van der Waals surface area contributed by atoms with Crippen LogP contribution in [0.5, 0.6) is 0 Å². The quantitative estimate of drug-likeness (QED) is 0.842. The third kappa shape index (κ3) is 2.74. The number of alkyl halides is 2. The van der Waals surface area contributed by atoms with E-state index in [9.17, 15) is 13.6 Å². The van der Waals surface area contributed by atoms with Crippen molar-refractivity contribution >= 4 is 5.97 Å². The first-order valence-electron chi connectivity index (χ1n) is 4.47. The molecule has 0 saturated carbocycles. The van der Waals surface area contributed by atoms with E-state index >= 15 is 0 Å². The van der Waals surface area contributed by atoms with E-state index in [0.717, 1.165) is 0 Å². The summed E-state index contributed by atoms with van der Waals surface area (Å²) in [4.78, 5) is 10.4. The Morgan fingerprint density at radius 2 is 2.27 bits per heavy atom. The maximum absolute atomic E-state index is 12.4. The summed E-state index contributed by atoms with van der Waals surface area (Å²) >= 11 is 0. The van der Waals surface area contributed by atoms with Crippen LogP contribution in [0.4, 0.5) is 8.78 Å². The van der Waals surface area contributed by atoms with Gasteiger partial charge in [0.2, 0.25) is 0 Å². The van der Waals surface area contributed by atoms with Gasteiger partial charge in [0.1, 0.15) is 5.69 Å². The fourth-order valence-electron chi connectivity index (χ4n) is 1.28. The van der Waals surface area contributed by atoms with Crippen molar-refractivity contribution in [2.75, 3.05) is 0 Å². The molecule has 0 radical (unpaired) electrons. The van der Waals surface area contributed by atoms with Crippen LogP contribution in [0, 0.1) is 6.92 Å². The minimum atomic E-state index is -2.62. The number of rotatable bonds is 4. The van der Waals surface area contributed by atoms with Crippen molar-refractivity contribution in [3.8, 4) is 0 Å². The number of nitrogens with zero attached hydrogens (tertiary/aromatic N) is 2. The molecule has 1 heterocycles. The zero-order valence-corrected chi connectivity index (χ0v) is 8.44. The standard InChI is InChI=1S/C9H12F2N2O2/c1-5-4-13(6(2)3-7(14)15)12-8(5)9(10)11/h4,6,9H,3H2,1-2H3,(H,14,15)/t6-/m0/s1. The second-order valence-electron chi connectivity index (χ2n) is 3.42. The minimum Gasteiger partial charge on any atom is -0.481 e. The number of carboxylic acids is 1. The average molecular weight is 218 g/mol. The van der Waals surface area contributed by atoms with Crippen LogP contribution >= 0.6 is 0 Å². The summed E-state index contributed by atoms with van der Waals surface area (Å²) in [5, 5.41) is 12.2. The molecule has 1 atom stereocenters. The second kappa shape index (κ2) is 4.37. The van der Waals surface area contributed by atoms with Gasteiger partial charge in [-0.05, 0) is 19.4 Å². The Morgan fingerprint density at radius 3 is 2.67 bits per heavy atom. The molecule has 1 N–H and O–H groups in total. The highest BCUT2D eigenvalue weighted by Crippen LogP contribution is 2.22. The van der Waals surface area contributed by atoms with E-state index in [1.807, 2.05) is 0 Å². The Labute approximate surface area is 85.5 Å². The van der Waals surface area contributed by atoms with E-state index in [1.54, 1.807) is 6.92 Å². The molecule has 15 heavy (non-hydrogen) atoms. The van der Waals surface area contributed by atoms with Crippen molar-refractivity contribution in [2.45, 2.75) is 32.7 Å². The zero-order chi connectivity index (χ0) is 11.6. The molecule has 4 nitrogen and oxygen atoms in total. The molecule has 0 saturated heterocycles. The van der Waals surface area contributed by atoms with Crippen LogP contribution in [-0.2, 0) is 4.79 Å². The molecule has 0 aliphatic carbocycles. The Kier molecular flexibility index (Phi) is 3.39. The molecule has 0 aromatic carbocycles. The van der Waals surface area contributed by atoms with E-state index < -0.39 is 18.4 Å². The second-order valence-corrected chi connectivity index (χ2v) is 3.42. The highest BCUT2D eigenvalue weighted by atomic mass is 19.3. The van der Waals surface area contributed by atoms with Gasteiger partial charge in [-0.15, -0.1) is 0 Å². The molecule has 0 bridgehead atoms. The van der Waals surface area contributed by atoms with E-state index in [0.29, 0.717) is 5.56 Å². The van der Waals surface area contributed by atoms with Crippen molar-refractivity contribution in [1.82, 2.24) is 9.78 Å². The summed E-state index contributed by atoms with van der Waals surface area (Å²) in [6, 6.07) is -0.423. The molecule has 0 aliphatic heterocycles. The maximum Gasteiger partial charge on any atom is 0.305 e. The first kappa shape index (κ1) is 11.6.